The molecule has 0 spiro atoms. The monoisotopic (exact) mass is 350 g/mol. The van der Waals surface area contributed by atoms with Gasteiger partial charge in [0.05, 0.1) is 4.90 Å². The molecule has 8 nitrogen and oxygen atoms in total. The maximum Gasteiger partial charge on any atom is 0.271 e. The fourth-order valence-corrected chi connectivity index (χ4v) is 4.22. The lowest BCUT2D eigenvalue weighted by Crippen LogP contribution is -2.32. The van der Waals surface area contributed by atoms with Crippen molar-refractivity contribution in [3.05, 3.63) is 24.3 Å². The molecule has 2 N–H and O–H groups in total. The van der Waals surface area contributed by atoms with Gasteiger partial charge in [0, 0.05) is 31.6 Å². The highest BCUT2D eigenvalue weighted by Gasteiger charge is 2.27. The molecule has 0 aliphatic carbocycles. The van der Waals surface area contributed by atoms with Crippen molar-refractivity contribution in [2.75, 3.05) is 18.4 Å². The van der Waals surface area contributed by atoms with Crippen molar-refractivity contribution >= 4 is 33.2 Å². The Bertz CT molecular complexity index is 797. The van der Waals surface area contributed by atoms with Gasteiger partial charge >= 0.3 is 0 Å². The first-order valence-electron chi connectivity index (χ1n) is 7.74. The SMILES string of the molecule is O=C1CCC(C(=O)Nc2cccc(S(=O)(=O)N3CCCC3)c2)=NN1. The fourth-order valence-electron chi connectivity index (χ4n) is 2.65. The summed E-state index contributed by atoms with van der Waals surface area (Å²) in [5, 5.41) is 6.34. The maximum absolute atomic E-state index is 12.6. The maximum atomic E-state index is 12.6. The zero-order chi connectivity index (χ0) is 17.2. The summed E-state index contributed by atoms with van der Waals surface area (Å²) in [4.78, 5) is 23.3. The summed E-state index contributed by atoms with van der Waals surface area (Å²) in [6, 6.07) is 6.15. The highest BCUT2D eigenvalue weighted by atomic mass is 32.2. The van der Waals surface area contributed by atoms with Crippen molar-refractivity contribution < 1.29 is 18.0 Å². The summed E-state index contributed by atoms with van der Waals surface area (Å²) in [7, 11) is -3.53. The standard InChI is InChI=1S/C15H18N4O4S/c20-14-7-6-13(17-18-14)15(21)16-11-4-3-5-12(10-11)24(22,23)19-8-1-2-9-19/h3-5,10H,1-2,6-9H2,(H,16,21)(H,18,20). The molecule has 1 fully saturated rings. The first-order chi connectivity index (χ1) is 11.5. The average molecular weight is 350 g/mol. The predicted octanol–water partition coefficient (Wildman–Crippen LogP) is 0.676. The molecule has 2 aliphatic rings. The van der Waals surface area contributed by atoms with Gasteiger partial charge in [0.1, 0.15) is 5.71 Å². The molecule has 0 bridgehead atoms. The smallest absolute Gasteiger partial charge is 0.271 e. The number of nitrogens with zero attached hydrogens (tertiary/aromatic N) is 2. The van der Waals surface area contributed by atoms with Crippen LogP contribution in [0.1, 0.15) is 25.7 Å². The van der Waals surface area contributed by atoms with Crippen LogP contribution in [-0.4, -0.2) is 43.3 Å². The topological polar surface area (TPSA) is 108 Å². The molecule has 0 radical (unpaired) electrons. The Morgan fingerprint density at radius 2 is 1.96 bits per heavy atom. The second kappa shape index (κ2) is 6.70. The summed E-state index contributed by atoms with van der Waals surface area (Å²) >= 11 is 0. The normalized spacial score (nSPS) is 18.8. The molecule has 0 aromatic heterocycles. The number of hydrogen-bond donors (Lipinski definition) is 2. The van der Waals surface area contributed by atoms with E-state index in [9.17, 15) is 18.0 Å². The first kappa shape index (κ1) is 16.6. The van der Waals surface area contributed by atoms with E-state index in [0.29, 0.717) is 18.8 Å². The summed E-state index contributed by atoms with van der Waals surface area (Å²) in [6.07, 6.45) is 2.18. The molecule has 0 saturated carbocycles. The van der Waals surface area contributed by atoms with Crippen molar-refractivity contribution in [2.45, 2.75) is 30.6 Å². The molecule has 2 heterocycles. The van der Waals surface area contributed by atoms with E-state index in [0.717, 1.165) is 12.8 Å². The van der Waals surface area contributed by atoms with Crippen LogP contribution in [-0.2, 0) is 19.6 Å². The Hall–Kier alpha value is -2.26. The second-order valence-corrected chi connectivity index (χ2v) is 7.62. The number of hydrogen-bond acceptors (Lipinski definition) is 5. The molecule has 1 saturated heterocycles. The Morgan fingerprint density at radius 3 is 2.62 bits per heavy atom. The van der Waals surface area contributed by atoms with E-state index in [1.165, 1.54) is 16.4 Å². The molecule has 9 heteroatoms. The number of hydrazone groups is 1. The van der Waals surface area contributed by atoms with Gasteiger partial charge in [0.2, 0.25) is 15.9 Å². The minimum atomic E-state index is -3.53. The Kier molecular flexibility index (Phi) is 4.63. The van der Waals surface area contributed by atoms with E-state index in [2.05, 4.69) is 15.8 Å². The highest BCUT2D eigenvalue weighted by Crippen LogP contribution is 2.23. The number of anilines is 1. The zero-order valence-electron chi connectivity index (χ0n) is 13.0. The predicted molar refractivity (Wildman–Crippen MR) is 87.9 cm³/mol. The molecule has 24 heavy (non-hydrogen) atoms. The van der Waals surface area contributed by atoms with Crippen LogP contribution in [0.15, 0.2) is 34.3 Å². The quantitative estimate of drug-likeness (QED) is 0.832. The van der Waals surface area contributed by atoms with Gasteiger partial charge in [-0.25, -0.2) is 13.8 Å². The molecule has 1 aromatic carbocycles. The minimum absolute atomic E-state index is 0.154. The van der Waals surface area contributed by atoms with Gasteiger partial charge in [-0.05, 0) is 31.0 Å². The molecule has 0 unspecified atom stereocenters. The van der Waals surface area contributed by atoms with Crippen LogP contribution in [0, 0.1) is 0 Å². The summed E-state index contributed by atoms with van der Waals surface area (Å²) < 4.78 is 26.6. The molecule has 1 aromatic rings. The number of carbonyl (C=O) groups excluding carboxylic acids is 2. The first-order valence-corrected chi connectivity index (χ1v) is 9.18. The fraction of sp³-hybridized carbons (Fsp3) is 0.400. The number of sulfonamides is 1. The van der Waals surface area contributed by atoms with E-state index in [4.69, 9.17) is 0 Å². The lowest BCUT2D eigenvalue weighted by molar-refractivity contribution is -0.121. The summed E-state index contributed by atoms with van der Waals surface area (Å²) in [6.45, 7) is 1.05. The number of carbonyl (C=O) groups is 2. The van der Waals surface area contributed by atoms with Crippen molar-refractivity contribution in [2.24, 2.45) is 5.10 Å². The largest absolute Gasteiger partial charge is 0.321 e. The van der Waals surface area contributed by atoms with Gasteiger partial charge in [-0.15, -0.1) is 0 Å². The summed E-state index contributed by atoms with van der Waals surface area (Å²) in [5.41, 5.74) is 2.84. The van der Waals surface area contributed by atoms with Crippen LogP contribution < -0.4 is 10.7 Å². The molecule has 0 atom stereocenters. The van der Waals surface area contributed by atoms with E-state index < -0.39 is 15.9 Å². The zero-order valence-corrected chi connectivity index (χ0v) is 13.8. The van der Waals surface area contributed by atoms with Crippen LogP contribution in [0.5, 0.6) is 0 Å². The van der Waals surface area contributed by atoms with Gasteiger partial charge in [-0.2, -0.15) is 9.41 Å². The van der Waals surface area contributed by atoms with E-state index in [1.54, 1.807) is 12.1 Å². The second-order valence-electron chi connectivity index (χ2n) is 5.69. The van der Waals surface area contributed by atoms with Gasteiger partial charge in [0.25, 0.3) is 5.91 Å². The number of rotatable bonds is 4. The third-order valence-electron chi connectivity index (χ3n) is 3.96. The van der Waals surface area contributed by atoms with Crippen molar-refractivity contribution in [3.63, 3.8) is 0 Å². The van der Waals surface area contributed by atoms with Crippen molar-refractivity contribution in [1.82, 2.24) is 9.73 Å². The third kappa shape index (κ3) is 3.46. The van der Waals surface area contributed by atoms with Gasteiger partial charge in [0.15, 0.2) is 0 Å². The number of benzene rings is 1. The van der Waals surface area contributed by atoms with Crippen LogP contribution in [0.2, 0.25) is 0 Å². The van der Waals surface area contributed by atoms with Gasteiger partial charge in [-0.3, -0.25) is 9.59 Å². The lowest BCUT2D eigenvalue weighted by atomic mass is 10.1. The van der Waals surface area contributed by atoms with E-state index in [1.807, 2.05) is 0 Å². The highest BCUT2D eigenvalue weighted by molar-refractivity contribution is 7.89. The van der Waals surface area contributed by atoms with E-state index in [-0.39, 0.29) is 29.4 Å². The average Bonchev–Trinajstić information content (AvgIpc) is 3.11. The van der Waals surface area contributed by atoms with Crippen LogP contribution in [0.25, 0.3) is 0 Å². The number of amides is 2. The van der Waals surface area contributed by atoms with Gasteiger partial charge in [-0.1, -0.05) is 6.07 Å². The molecular weight excluding hydrogens is 332 g/mol. The van der Waals surface area contributed by atoms with Crippen LogP contribution in [0.4, 0.5) is 5.69 Å². The number of nitrogens with one attached hydrogen (secondary N) is 2. The van der Waals surface area contributed by atoms with Crippen LogP contribution in [0.3, 0.4) is 0 Å². The third-order valence-corrected chi connectivity index (χ3v) is 5.86. The Balaban J connectivity index is 1.76. The molecule has 2 aliphatic heterocycles. The molecule has 3 rings (SSSR count). The molecule has 128 valence electrons. The molecular formula is C15H18N4O4S. The van der Waals surface area contributed by atoms with Crippen LogP contribution >= 0.6 is 0 Å². The lowest BCUT2D eigenvalue weighted by Gasteiger charge is -2.16. The minimum Gasteiger partial charge on any atom is -0.321 e. The Labute approximate surface area is 140 Å². The van der Waals surface area contributed by atoms with Crippen molar-refractivity contribution in [1.29, 1.82) is 0 Å². The molecule has 2 amide bonds. The Morgan fingerprint density at radius 1 is 1.21 bits per heavy atom. The van der Waals surface area contributed by atoms with Crippen molar-refractivity contribution in [3.8, 4) is 0 Å². The van der Waals surface area contributed by atoms with Gasteiger partial charge < -0.3 is 5.32 Å². The van der Waals surface area contributed by atoms with E-state index >= 15 is 0 Å². The summed E-state index contributed by atoms with van der Waals surface area (Å²) in [5.74, 6) is -0.684.